The molecule has 0 unspecified atom stereocenters. The zero-order chi connectivity index (χ0) is 20.5. The summed E-state index contributed by atoms with van der Waals surface area (Å²) in [6.07, 6.45) is -4.47. The maximum Gasteiger partial charge on any atom is 0.416 e. The Morgan fingerprint density at radius 3 is 2.39 bits per heavy atom. The number of alkyl halides is 3. The summed E-state index contributed by atoms with van der Waals surface area (Å²) in [5.74, 6) is -0.916. The van der Waals surface area contributed by atoms with Crippen LogP contribution >= 0.6 is 0 Å². The van der Waals surface area contributed by atoms with Crippen LogP contribution in [0.2, 0.25) is 0 Å². The molecule has 28 heavy (non-hydrogen) atoms. The number of esters is 1. The van der Waals surface area contributed by atoms with Crippen LogP contribution in [0.4, 0.5) is 24.5 Å². The van der Waals surface area contributed by atoms with E-state index in [1.165, 1.54) is 4.90 Å². The fourth-order valence-corrected chi connectivity index (χ4v) is 2.98. The molecule has 148 valence electrons. The van der Waals surface area contributed by atoms with Gasteiger partial charge < -0.3 is 15.0 Å². The van der Waals surface area contributed by atoms with Crippen molar-refractivity contribution in [1.82, 2.24) is 0 Å². The van der Waals surface area contributed by atoms with Crippen LogP contribution in [0.1, 0.15) is 29.8 Å². The maximum absolute atomic E-state index is 12.7. The van der Waals surface area contributed by atoms with E-state index in [4.69, 9.17) is 4.74 Å². The first-order valence-electron chi connectivity index (χ1n) is 8.63. The third-order valence-corrected chi connectivity index (χ3v) is 4.42. The number of ether oxygens (including phenoxy) is 1. The van der Waals surface area contributed by atoms with Gasteiger partial charge in [0.1, 0.15) is 12.1 Å². The number of hydrogen-bond acceptors (Lipinski definition) is 4. The van der Waals surface area contributed by atoms with Crippen molar-refractivity contribution in [3.8, 4) is 0 Å². The van der Waals surface area contributed by atoms with Gasteiger partial charge in [0.25, 0.3) is 5.91 Å². The number of rotatable bonds is 4. The van der Waals surface area contributed by atoms with Gasteiger partial charge in [-0.15, -0.1) is 0 Å². The number of halogens is 3. The highest BCUT2D eigenvalue weighted by molar-refractivity contribution is 6.07. The number of amides is 1. The van der Waals surface area contributed by atoms with E-state index in [9.17, 15) is 22.8 Å². The molecule has 2 aromatic carbocycles. The second-order valence-electron chi connectivity index (χ2n) is 6.93. The summed E-state index contributed by atoms with van der Waals surface area (Å²) in [4.78, 5) is 26.3. The third-order valence-electron chi connectivity index (χ3n) is 4.42. The molecule has 8 heteroatoms. The van der Waals surface area contributed by atoms with Crippen molar-refractivity contribution in [3.05, 3.63) is 59.7 Å². The quantitative estimate of drug-likeness (QED) is 0.796. The van der Waals surface area contributed by atoms with Crippen LogP contribution in [-0.2, 0) is 15.7 Å². The van der Waals surface area contributed by atoms with Crippen molar-refractivity contribution in [2.24, 2.45) is 0 Å². The van der Waals surface area contributed by atoms with Crippen molar-refractivity contribution >= 4 is 23.3 Å². The van der Waals surface area contributed by atoms with Gasteiger partial charge in [-0.1, -0.05) is 12.1 Å². The van der Waals surface area contributed by atoms with Crippen molar-refractivity contribution in [2.45, 2.75) is 25.6 Å². The number of hydrogen-bond donors (Lipinski definition) is 1. The first-order chi connectivity index (χ1) is 13.1. The van der Waals surface area contributed by atoms with E-state index in [1.54, 1.807) is 26.0 Å². The Balaban J connectivity index is 1.66. The summed E-state index contributed by atoms with van der Waals surface area (Å²) in [6, 6.07) is 11.1. The lowest BCUT2D eigenvalue weighted by molar-refractivity contribution is -0.137. The summed E-state index contributed by atoms with van der Waals surface area (Å²) in [5.41, 5.74) is -0.167. The van der Waals surface area contributed by atoms with Crippen molar-refractivity contribution in [1.29, 1.82) is 0 Å². The summed E-state index contributed by atoms with van der Waals surface area (Å²) < 4.78 is 42.9. The van der Waals surface area contributed by atoms with Crippen LogP contribution in [0, 0.1) is 0 Å². The monoisotopic (exact) mass is 392 g/mol. The number of para-hydroxylation sites is 2. The average molecular weight is 392 g/mol. The smallest absolute Gasteiger partial charge is 0.416 e. The number of carbonyl (C=O) groups excluding carboxylic acids is 2. The van der Waals surface area contributed by atoms with Gasteiger partial charge in [-0.2, -0.15) is 13.2 Å². The molecule has 0 radical (unpaired) electrons. The Labute approximate surface area is 160 Å². The average Bonchev–Trinajstić information content (AvgIpc) is 2.64. The Morgan fingerprint density at radius 1 is 1.11 bits per heavy atom. The Bertz CT molecular complexity index is 892. The molecule has 3 rings (SSSR count). The molecule has 2 aromatic rings. The largest absolute Gasteiger partial charge is 0.460 e. The molecule has 0 fully saturated rings. The molecule has 1 N–H and O–H groups in total. The maximum atomic E-state index is 12.7. The molecule has 1 aliphatic rings. The lowest BCUT2D eigenvalue weighted by atomic mass is 9.98. The molecule has 1 amide bonds. The SMILES string of the molecule is CC1(C)Nc2ccccc2N(CCOC(=O)c2ccc(C(F)(F)F)cc2)C1=O. The number of nitrogens with zero attached hydrogens (tertiary/aromatic N) is 1. The number of carbonyl (C=O) groups is 2. The minimum absolute atomic E-state index is 0.0142. The summed E-state index contributed by atoms with van der Waals surface area (Å²) in [6.45, 7) is 3.56. The van der Waals surface area contributed by atoms with Gasteiger partial charge in [-0.3, -0.25) is 4.79 Å². The van der Waals surface area contributed by atoms with E-state index in [-0.39, 0.29) is 24.6 Å². The highest BCUT2D eigenvalue weighted by Crippen LogP contribution is 2.34. The van der Waals surface area contributed by atoms with Crippen LogP contribution in [-0.4, -0.2) is 30.6 Å². The summed E-state index contributed by atoms with van der Waals surface area (Å²) in [5, 5.41) is 3.17. The fraction of sp³-hybridized carbons (Fsp3) is 0.300. The van der Waals surface area contributed by atoms with Crippen molar-refractivity contribution in [3.63, 3.8) is 0 Å². The van der Waals surface area contributed by atoms with Gasteiger partial charge in [-0.25, -0.2) is 4.79 Å². The highest BCUT2D eigenvalue weighted by Gasteiger charge is 2.38. The summed E-state index contributed by atoms with van der Waals surface area (Å²) in [7, 11) is 0. The zero-order valence-corrected chi connectivity index (χ0v) is 15.3. The van der Waals surface area contributed by atoms with Crippen molar-refractivity contribution in [2.75, 3.05) is 23.4 Å². The van der Waals surface area contributed by atoms with E-state index in [0.29, 0.717) is 5.69 Å². The molecule has 0 aliphatic carbocycles. The lowest BCUT2D eigenvalue weighted by Gasteiger charge is -2.39. The first kappa shape index (κ1) is 19.7. The predicted molar refractivity (Wildman–Crippen MR) is 98.2 cm³/mol. The van der Waals surface area contributed by atoms with E-state index in [1.807, 2.05) is 12.1 Å². The van der Waals surface area contributed by atoms with Gasteiger partial charge in [0.05, 0.1) is 29.0 Å². The molecule has 0 bridgehead atoms. The lowest BCUT2D eigenvalue weighted by Crippen LogP contribution is -2.54. The van der Waals surface area contributed by atoms with Gasteiger partial charge in [0.15, 0.2) is 0 Å². The molecule has 0 aromatic heterocycles. The van der Waals surface area contributed by atoms with Crippen molar-refractivity contribution < 1.29 is 27.5 Å². The minimum atomic E-state index is -4.47. The topological polar surface area (TPSA) is 58.6 Å². The second kappa shape index (κ2) is 7.18. The Hall–Kier alpha value is -3.03. The van der Waals surface area contributed by atoms with Crippen LogP contribution in [0.5, 0.6) is 0 Å². The number of fused-ring (bicyclic) bond motifs is 1. The first-order valence-corrected chi connectivity index (χ1v) is 8.63. The van der Waals surface area contributed by atoms with Gasteiger partial charge in [0.2, 0.25) is 0 Å². The number of anilines is 2. The van der Waals surface area contributed by atoms with E-state index >= 15 is 0 Å². The third kappa shape index (κ3) is 3.95. The second-order valence-corrected chi connectivity index (χ2v) is 6.93. The van der Waals surface area contributed by atoms with Crippen LogP contribution < -0.4 is 10.2 Å². The van der Waals surface area contributed by atoms with Crippen LogP contribution in [0.15, 0.2) is 48.5 Å². The van der Waals surface area contributed by atoms with Gasteiger partial charge >= 0.3 is 12.1 Å². The van der Waals surface area contributed by atoms with Crippen LogP contribution in [0.25, 0.3) is 0 Å². The molecular weight excluding hydrogens is 373 g/mol. The molecular formula is C20H19F3N2O3. The molecule has 1 aliphatic heterocycles. The Kier molecular flexibility index (Phi) is 5.06. The standard InChI is InChI=1S/C20H19F3N2O3/c1-19(2)18(27)25(16-6-4-3-5-15(16)24-19)11-12-28-17(26)13-7-9-14(10-8-13)20(21,22)23/h3-10,24H,11-12H2,1-2H3. The molecule has 0 atom stereocenters. The summed E-state index contributed by atoms with van der Waals surface area (Å²) >= 11 is 0. The highest BCUT2D eigenvalue weighted by atomic mass is 19.4. The minimum Gasteiger partial charge on any atom is -0.460 e. The molecule has 0 spiro atoms. The molecule has 0 saturated carbocycles. The number of benzene rings is 2. The molecule has 5 nitrogen and oxygen atoms in total. The molecule has 0 saturated heterocycles. The predicted octanol–water partition coefficient (Wildman–Crippen LogP) is 4.10. The van der Waals surface area contributed by atoms with Crippen LogP contribution in [0.3, 0.4) is 0 Å². The molecule has 1 heterocycles. The number of nitrogens with one attached hydrogen (secondary N) is 1. The van der Waals surface area contributed by atoms with Gasteiger partial charge in [-0.05, 0) is 50.2 Å². The Morgan fingerprint density at radius 2 is 1.75 bits per heavy atom. The zero-order valence-electron chi connectivity index (χ0n) is 15.3. The normalized spacial score (nSPS) is 15.6. The van der Waals surface area contributed by atoms with Gasteiger partial charge in [0, 0.05) is 0 Å². The fourth-order valence-electron chi connectivity index (χ4n) is 2.98. The van der Waals surface area contributed by atoms with E-state index < -0.39 is 23.2 Å². The van der Waals surface area contributed by atoms with E-state index in [2.05, 4.69) is 5.32 Å². The van der Waals surface area contributed by atoms with E-state index in [0.717, 1.165) is 30.0 Å².